The highest BCUT2D eigenvalue weighted by Crippen LogP contribution is 2.30. The lowest BCUT2D eigenvalue weighted by Crippen LogP contribution is -2.63. The van der Waals surface area contributed by atoms with E-state index in [0.717, 1.165) is 55.2 Å². The van der Waals surface area contributed by atoms with Gasteiger partial charge in [-0.1, -0.05) is 114 Å². The Balaban J connectivity index is 1.76. The number of hydrogen-bond acceptors (Lipinski definition) is 10. The average molecular weight is 849 g/mol. The molecule has 14 nitrogen and oxygen atoms in total. The van der Waals surface area contributed by atoms with Crippen LogP contribution in [0.1, 0.15) is 110 Å². The van der Waals surface area contributed by atoms with Crippen LogP contribution in [0.15, 0.2) is 54.6 Å². The van der Waals surface area contributed by atoms with Crippen LogP contribution in [0.2, 0.25) is 0 Å². The molecule has 2 aromatic rings. The maximum Gasteiger partial charge on any atom is 0.325 e. The van der Waals surface area contributed by atoms with Gasteiger partial charge in [0.25, 0.3) is 0 Å². The first-order valence-electron chi connectivity index (χ1n) is 22.5. The van der Waals surface area contributed by atoms with Crippen molar-refractivity contribution >= 4 is 29.6 Å². The van der Waals surface area contributed by atoms with E-state index in [0.29, 0.717) is 44.9 Å². The number of esters is 1. The molecule has 338 valence electrons. The number of nitrogens with one attached hydrogen (secondary N) is 4. The number of aliphatic hydroxyl groups is 2. The summed E-state index contributed by atoms with van der Waals surface area (Å²) >= 11 is 0. The maximum absolute atomic E-state index is 15.1. The molecule has 1 saturated carbocycles. The predicted molar refractivity (Wildman–Crippen MR) is 235 cm³/mol. The van der Waals surface area contributed by atoms with Gasteiger partial charge >= 0.3 is 5.97 Å². The lowest BCUT2D eigenvalue weighted by molar-refractivity contribution is -0.158. The second-order valence-corrected chi connectivity index (χ2v) is 17.5. The number of aliphatic hydroxyl groups excluding tert-OH is 2. The number of hydrogen-bond donors (Lipinski definition) is 7. The van der Waals surface area contributed by atoms with Crippen molar-refractivity contribution < 1.29 is 38.9 Å². The fourth-order valence-corrected chi connectivity index (χ4v) is 8.63. The zero-order valence-electron chi connectivity index (χ0n) is 36.9. The Morgan fingerprint density at radius 1 is 0.836 bits per heavy atom. The first kappa shape index (κ1) is 49.3. The smallest absolute Gasteiger partial charge is 0.325 e. The Labute approximate surface area is 362 Å². The summed E-state index contributed by atoms with van der Waals surface area (Å²) in [4.78, 5) is 71.4. The molecule has 2 aliphatic rings. The standard InChI is InChI=1S/C47H72N6O8/c1-6-7-8-15-20-39-36(26-23-32-21-24-34(25-22-32)33-16-11-9-12-17-33)47(60)53(5)38(27-30(2)3)44(57)52-42(35-18-13-10-14-19-35)46(59)50-37(28-48)43(56)51-41(31(4)54)45(58)49-29-40(55)61-39/h9,11-12,16-17,21-22,24-25,30-31,35-39,41-42,44,52,54,57H,6-8,10,13-15,18-20,23,26-29,48H2,1-5H3,(H,49,58)(H,50,59)(H,51,56)/t31-,36+,37-,38-,39+,41-,42-,44?/m0/s1. The molecule has 8 atom stereocenters. The van der Waals surface area contributed by atoms with Gasteiger partial charge in [-0.05, 0) is 80.4 Å². The number of benzene rings is 2. The number of nitrogens with zero attached hydrogens (tertiary/aromatic N) is 1. The third kappa shape index (κ3) is 14.9. The van der Waals surface area contributed by atoms with Crippen LogP contribution >= 0.6 is 0 Å². The Hall–Kier alpha value is -4.37. The largest absolute Gasteiger partial charge is 0.460 e. The van der Waals surface area contributed by atoms with Gasteiger partial charge in [-0.15, -0.1) is 0 Å². The third-order valence-corrected chi connectivity index (χ3v) is 12.2. The average Bonchev–Trinajstić information content (AvgIpc) is 3.25. The Bertz CT molecular complexity index is 1690. The summed E-state index contributed by atoms with van der Waals surface area (Å²) in [6, 6.07) is 13.7. The minimum Gasteiger partial charge on any atom is -0.460 e. The van der Waals surface area contributed by atoms with Crippen LogP contribution < -0.4 is 27.0 Å². The molecule has 4 rings (SSSR count). The summed E-state index contributed by atoms with van der Waals surface area (Å²) < 4.78 is 6.15. The van der Waals surface area contributed by atoms with E-state index in [-0.39, 0.29) is 24.3 Å². The molecule has 1 aliphatic carbocycles. The highest BCUT2D eigenvalue weighted by Gasteiger charge is 2.41. The van der Waals surface area contributed by atoms with Crippen molar-refractivity contribution in [1.29, 1.82) is 0 Å². The quantitative estimate of drug-likeness (QED) is 0.108. The Morgan fingerprint density at radius 3 is 2.13 bits per heavy atom. The van der Waals surface area contributed by atoms with Crippen LogP contribution in [0.3, 0.4) is 0 Å². The van der Waals surface area contributed by atoms with Gasteiger partial charge in [0, 0.05) is 13.6 Å². The van der Waals surface area contributed by atoms with Gasteiger partial charge in [-0.25, -0.2) is 0 Å². The van der Waals surface area contributed by atoms with Crippen LogP contribution in [0, 0.1) is 17.8 Å². The summed E-state index contributed by atoms with van der Waals surface area (Å²) in [5, 5.41) is 33.6. The monoisotopic (exact) mass is 849 g/mol. The molecule has 14 heteroatoms. The van der Waals surface area contributed by atoms with E-state index in [1.54, 1.807) is 11.9 Å². The number of rotatable bonds is 14. The second-order valence-electron chi connectivity index (χ2n) is 17.5. The van der Waals surface area contributed by atoms with Gasteiger partial charge in [0.2, 0.25) is 23.6 Å². The maximum atomic E-state index is 15.1. The molecule has 2 aromatic carbocycles. The van der Waals surface area contributed by atoms with Crippen molar-refractivity contribution in [1.82, 2.24) is 26.2 Å². The van der Waals surface area contributed by atoms with Crippen LogP contribution in [0.5, 0.6) is 0 Å². The molecule has 2 fully saturated rings. The Morgan fingerprint density at radius 2 is 1.51 bits per heavy atom. The number of aryl methyl sites for hydroxylation is 1. The lowest BCUT2D eigenvalue weighted by atomic mass is 9.83. The molecule has 61 heavy (non-hydrogen) atoms. The summed E-state index contributed by atoms with van der Waals surface area (Å²) in [6.07, 6.45) is 5.73. The fraction of sp³-hybridized carbons (Fsp3) is 0.638. The van der Waals surface area contributed by atoms with E-state index >= 15 is 4.79 Å². The minimum absolute atomic E-state index is 0.0419. The van der Waals surface area contributed by atoms with Gasteiger partial charge in [-0.2, -0.15) is 0 Å². The predicted octanol–water partition coefficient (Wildman–Crippen LogP) is 3.95. The van der Waals surface area contributed by atoms with Crippen molar-refractivity contribution in [2.45, 2.75) is 154 Å². The van der Waals surface area contributed by atoms with E-state index in [2.05, 4.69) is 28.2 Å². The van der Waals surface area contributed by atoms with Crippen molar-refractivity contribution in [3.05, 3.63) is 60.2 Å². The highest BCUT2D eigenvalue weighted by atomic mass is 16.5. The number of unbranched alkanes of at least 4 members (excludes halogenated alkanes) is 3. The van der Waals surface area contributed by atoms with Crippen molar-refractivity contribution in [2.24, 2.45) is 23.5 Å². The molecule has 0 spiro atoms. The van der Waals surface area contributed by atoms with Gasteiger partial charge in [0.1, 0.15) is 31.0 Å². The molecule has 4 amide bonds. The van der Waals surface area contributed by atoms with Crippen LogP contribution in [-0.2, 0) is 35.1 Å². The van der Waals surface area contributed by atoms with Crippen LogP contribution in [-0.4, -0.2) is 107 Å². The van der Waals surface area contributed by atoms with Gasteiger partial charge in [0.05, 0.1) is 24.1 Å². The molecular weight excluding hydrogens is 777 g/mol. The molecule has 1 aliphatic heterocycles. The van der Waals surface area contributed by atoms with Crippen LogP contribution in [0.25, 0.3) is 11.1 Å². The first-order chi connectivity index (χ1) is 29.2. The summed E-state index contributed by atoms with van der Waals surface area (Å²) in [5.74, 6) is -4.24. The molecule has 8 N–H and O–H groups in total. The van der Waals surface area contributed by atoms with Crippen LogP contribution in [0.4, 0.5) is 0 Å². The van der Waals surface area contributed by atoms with Gasteiger partial charge in [-0.3, -0.25) is 29.3 Å². The molecule has 1 heterocycles. The number of carbonyl (C=O) groups excluding carboxylic acids is 5. The Kier molecular flexibility index (Phi) is 20.1. The number of likely N-dealkylation sites (N-methyl/N-ethyl adjacent to an activating group) is 1. The summed E-state index contributed by atoms with van der Waals surface area (Å²) in [5.41, 5.74) is 9.13. The summed E-state index contributed by atoms with van der Waals surface area (Å²) in [6.45, 7) is 6.52. The fourth-order valence-electron chi connectivity index (χ4n) is 8.63. The minimum atomic E-state index is -1.49. The van der Waals surface area contributed by atoms with E-state index in [9.17, 15) is 29.4 Å². The van der Waals surface area contributed by atoms with Crippen molar-refractivity contribution in [3.63, 3.8) is 0 Å². The van der Waals surface area contributed by atoms with E-state index < -0.39 is 78.8 Å². The normalized spacial score (nSPS) is 26.3. The van der Waals surface area contributed by atoms with Crippen molar-refractivity contribution in [2.75, 3.05) is 20.1 Å². The van der Waals surface area contributed by atoms with Crippen molar-refractivity contribution in [3.8, 4) is 11.1 Å². The molecule has 1 saturated heterocycles. The number of carbonyl (C=O) groups is 5. The lowest BCUT2D eigenvalue weighted by Gasteiger charge is -2.40. The molecule has 0 radical (unpaired) electrons. The number of nitrogens with two attached hydrogens (primary N) is 1. The highest BCUT2D eigenvalue weighted by molar-refractivity contribution is 5.94. The molecular formula is C47H72N6O8. The zero-order chi connectivity index (χ0) is 44.5. The van der Waals surface area contributed by atoms with E-state index in [4.69, 9.17) is 10.5 Å². The number of amides is 4. The first-order valence-corrected chi connectivity index (χ1v) is 22.5. The zero-order valence-corrected chi connectivity index (χ0v) is 36.9. The molecule has 0 aromatic heterocycles. The topological polar surface area (TPSA) is 212 Å². The van der Waals surface area contributed by atoms with E-state index in [1.807, 2.05) is 68.4 Å². The summed E-state index contributed by atoms with van der Waals surface area (Å²) in [7, 11) is 1.65. The number of ether oxygens (including phenoxy) is 1. The second kappa shape index (κ2) is 24.9. The van der Waals surface area contributed by atoms with Gasteiger partial charge < -0.3 is 41.5 Å². The third-order valence-electron chi connectivity index (χ3n) is 12.2. The number of cyclic esters (lactones) is 1. The molecule has 0 bridgehead atoms. The van der Waals surface area contributed by atoms with E-state index in [1.165, 1.54) is 6.92 Å². The SMILES string of the molecule is CCCCCC[C@H]1OC(=O)CNC(=O)[C@H]([C@H](C)O)NC(=O)[C@H](CN)NC(=O)[C@H](C2CCCCC2)NC(O)[C@H](CC(C)C)N(C)C(=O)[C@@H]1CCc1ccc(-c2ccccc2)cc1. The van der Waals surface area contributed by atoms with Gasteiger partial charge in [0.15, 0.2) is 0 Å². The molecule has 1 unspecified atom stereocenters.